The highest BCUT2D eigenvalue weighted by molar-refractivity contribution is 7.09. The number of aromatic nitrogens is 1. The number of carbonyl (C=O) groups is 2. The van der Waals surface area contributed by atoms with Crippen LogP contribution in [0.4, 0.5) is 11.4 Å². The summed E-state index contributed by atoms with van der Waals surface area (Å²) >= 11 is 1.36. The van der Waals surface area contributed by atoms with Crippen molar-refractivity contribution in [1.29, 1.82) is 0 Å². The number of nitrogens with one attached hydrogen (secondary N) is 1. The van der Waals surface area contributed by atoms with Crippen molar-refractivity contribution in [1.82, 2.24) is 4.98 Å². The van der Waals surface area contributed by atoms with Crippen molar-refractivity contribution in [3.63, 3.8) is 0 Å². The minimum atomic E-state index is -0.296. The van der Waals surface area contributed by atoms with E-state index in [2.05, 4.69) is 10.3 Å². The van der Waals surface area contributed by atoms with Gasteiger partial charge in [0.15, 0.2) is 0 Å². The van der Waals surface area contributed by atoms with Gasteiger partial charge in [0.25, 0.3) is 5.91 Å². The lowest BCUT2D eigenvalue weighted by molar-refractivity contribution is -0.117. The van der Waals surface area contributed by atoms with Gasteiger partial charge >= 0.3 is 0 Å². The molecule has 0 spiro atoms. The average molecular weight is 316 g/mol. The van der Waals surface area contributed by atoms with Crippen molar-refractivity contribution in [3.05, 3.63) is 40.3 Å². The Bertz CT molecular complexity index is 713. The second-order valence-corrected chi connectivity index (χ2v) is 5.89. The van der Waals surface area contributed by atoms with Gasteiger partial charge < -0.3 is 16.0 Å². The molecule has 6 nitrogen and oxygen atoms in total. The summed E-state index contributed by atoms with van der Waals surface area (Å²) in [4.78, 5) is 30.1. The van der Waals surface area contributed by atoms with Crippen LogP contribution in [0.3, 0.4) is 0 Å². The third kappa shape index (κ3) is 2.86. The third-order valence-corrected chi connectivity index (χ3v) is 4.35. The number of thiazole rings is 1. The van der Waals surface area contributed by atoms with Gasteiger partial charge in [-0.15, -0.1) is 11.3 Å². The molecule has 114 valence electrons. The Labute approximate surface area is 132 Å². The summed E-state index contributed by atoms with van der Waals surface area (Å²) in [7, 11) is 0. The molecule has 2 heterocycles. The van der Waals surface area contributed by atoms with Crippen LogP contribution in [0.15, 0.2) is 29.6 Å². The quantitative estimate of drug-likeness (QED) is 0.903. The zero-order valence-electron chi connectivity index (χ0n) is 11.9. The van der Waals surface area contributed by atoms with E-state index in [9.17, 15) is 9.59 Å². The van der Waals surface area contributed by atoms with Crippen molar-refractivity contribution in [2.75, 3.05) is 16.8 Å². The third-order valence-electron chi connectivity index (χ3n) is 3.48. The molecule has 0 atom stereocenters. The van der Waals surface area contributed by atoms with Crippen LogP contribution in [0.2, 0.25) is 0 Å². The van der Waals surface area contributed by atoms with Gasteiger partial charge in [-0.25, -0.2) is 4.98 Å². The van der Waals surface area contributed by atoms with E-state index in [-0.39, 0.29) is 11.8 Å². The van der Waals surface area contributed by atoms with E-state index in [1.54, 1.807) is 16.3 Å². The van der Waals surface area contributed by atoms with Crippen LogP contribution in [-0.2, 0) is 11.3 Å². The fourth-order valence-electron chi connectivity index (χ4n) is 2.41. The second-order valence-electron chi connectivity index (χ2n) is 4.95. The van der Waals surface area contributed by atoms with Crippen LogP contribution in [0.5, 0.6) is 0 Å². The highest BCUT2D eigenvalue weighted by atomic mass is 32.1. The molecule has 3 N–H and O–H groups in total. The lowest BCUT2D eigenvalue weighted by Gasteiger charge is -2.19. The number of rotatable bonds is 4. The second kappa shape index (κ2) is 6.25. The summed E-state index contributed by atoms with van der Waals surface area (Å²) in [6.45, 7) is 0.997. The lowest BCUT2D eigenvalue weighted by Crippen LogP contribution is -2.25. The van der Waals surface area contributed by atoms with Crippen LogP contribution < -0.4 is 16.0 Å². The molecule has 1 fully saturated rings. The first-order valence-electron chi connectivity index (χ1n) is 7.04. The summed E-state index contributed by atoms with van der Waals surface area (Å²) in [5, 5.41) is 5.23. The smallest absolute Gasteiger partial charge is 0.275 e. The SMILES string of the molecule is NCc1nc(C(=O)Nc2ccccc2N2CCCC2=O)cs1. The molecule has 3 rings (SSSR count). The van der Waals surface area contributed by atoms with Gasteiger partial charge in [-0.05, 0) is 18.6 Å². The van der Waals surface area contributed by atoms with Crippen molar-refractivity contribution in [2.45, 2.75) is 19.4 Å². The Morgan fingerprint density at radius 2 is 2.23 bits per heavy atom. The minimum absolute atomic E-state index is 0.0841. The van der Waals surface area contributed by atoms with Gasteiger partial charge in [-0.3, -0.25) is 9.59 Å². The number of amides is 2. The Kier molecular flexibility index (Phi) is 4.17. The fourth-order valence-corrected chi connectivity index (χ4v) is 3.07. The van der Waals surface area contributed by atoms with Crippen LogP contribution in [0, 0.1) is 0 Å². The number of anilines is 2. The highest BCUT2D eigenvalue weighted by Crippen LogP contribution is 2.29. The molecule has 2 aromatic rings. The van der Waals surface area contributed by atoms with Gasteiger partial charge in [0.1, 0.15) is 10.7 Å². The number of nitrogens with two attached hydrogens (primary N) is 1. The predicted octanol–water partition coefficient (Wildman–Crippen LogP) is 1.98. The maximum absolute atomic E-state index is 12.3. The standard InChI is InChI=1S/C15H16N4O2S/c16-8-13-17-11(9-22-13)15(21)18-10-4-1-2-5-12(10)19-7-3-6-14(19)20/h1-2,4-5,9H,3,6-8,16H2,(H,18,21). The highest BCUT2D eigenvalue weighted by Gasteiger charge is 2.24. The zero-order chi connectivity index (χ0) is 15.5. The number of hydrogen-bond acceptors (Lipinski definition) is 5. The number of carbonyl (C=O) groups excluding carboxylic acids is 2. The van der Waals surface area contributed by atoms with Crippen LogP contribution in [-0.4, -0.2) is 23.3 Å². The van der Waals surface area contributed by atoms with E-state index in [0.29, 0.717) is 35.9 Å². The topological polar surface area (TPSA) is 88.3 Å². The van der Waals surface area contributed by atoms with Gasteiger partial charge in [-0.2, -0.15) is 0 Å². The van der Waals surface area contributed by atoms with Crippen molar-refractivity contribution >= 4 is 34.5 Å². The van der Waals surface area contributed by atoms with E-state index in [4.69, 9.17) is 5.73 Å². The maximum atomic E-state index is 12.3. The minimum Gasteiger partial charge on any atom is -0.325 e. The fraction of sp³-hybridized carbons (Fsp3) is 0.267. The average Bonchev–Trinajstić information content (AvgIpc) is 3.16. The first-order valence-corrected chi connectivity index (χ1v) is 7.92. The number of benzene rings is 1. The van der Waals surface area contributed by atoms with Crippen LogP contribution in [0.25, 0.3) is 0 Å². The molecular weight excluding hydrogens is 300 g/mol. The van der Waals surface area contributed by atoms with Gasteiger partial charge in [-0.1, -0.05) is 12.1 Å². The molecule has 7 heteroatoms. The summed E-state index contributed by atoms with van der Waals surface area (Å²) in [5.41, 5.74) is 7.20. The molecule has 2 amide bonds. The van der Waals surface area contributed by atoms with Crippen LogP contribution >= 0.6 is 11.3 Å². The molecule has 0 saturated carbocycles. The normalized spacial score (nSPS) is 14.4. The van der Waals surface area contributed by atoms with E-state index >= 15 is 0 Å². The zero-order valence-corrected chi connectivity index (χ0v) is 12.7. The first kappa shape index (κ1) is 14.7. The van der Waals surface area contributed by atoms with Crippen LogP contribution in [0.1, 0.15) is 28.3 Å². The molecule has 1 saturated heterocycles. The first-order chi connectivity index (χ1) is 10.7. The molecule has 1 aromatic heterocycles. The molecule has 0 aliphatic carbocycles. The van der Waals surface area contributed by atoms with Gasteiger partial charge in [0.2, 0.25) is 5.91 Å². The maximum Gasteiger partial charge on any atom is 0.275 e. The summed E-state index contributed by atoms with van der Waals surface area (Å²) < 4.78 is 0. The molecule has 1 aliphatic heterocycles. The Morgan fingerprint density at radius 1 is 1.41 bits per heavy atom. The van der Waals surface area contributed by atoms with Crippen molar-refractivity contribution < 1.29 is 9.59 Å². The Hall–Kier alpha value is -2.25. The predicted molar refractivity (Wildman–Crippen MR) is 86.0 cm³/mol. The van der Waals surface area contributed by atoms with E-state index in [1.807, 2.05) is 18.2 Å². The largest absolute Gasteiger partial charge is 0.325 e. The number of hydrogen-bond donors (Lipinski definition) is 2. The summed E-state index contributed by atoms with van der Waals surface area (Å²) in [6, 6.07) is 7.30. The Balaban J connectivity index is 1.83. The van der Waals surface area contributed by atoms with E-state index in [0.717, 1.165) is 12.1 Å². The van der Waals surface area contributed by atoms with Crippen molar-refractivity contribution in [2.24, 2.45) is 5.73 Å². The molecule has 0 unspecified atom stereocenters. The summed E-state index contributed by atoms with van der Waals surface area (Å²) in [6.07, 6.45) is 1.39. The summed E-state index contributed by atoms with van der Waals surface area (Å²) in [5.74, 6) is -0.212. The lowest BCUT2D eigenvalue weighted by atomic mass is 10.2. The molecule has 22 heavy (non-hydrogen) atoms. The van der Waals surface area contributed by atoms with Gasteiger partial charge in [0, 0.05) is 24.9 Å². The number of para-hydroxylation sites is 2. The van der Waals surface area contributed by atoms with Crippen molar-refractivity contribution in [3.8, 4) is 0 Å². The molecule has 1 aromatic carbocycles. The monoisotopic (exact) mass is 316 g/mol. The number of nitrogens with zero attached hydrogens (tertiary/aromatic N) is 2. The molecule has 0 radical (unpaired) electrons. The van der Waals surface area contributed by atoms with E-state index in [1.165, 1.54) is 11.3 Å². The molecular formula is C15H16N4O2S. The van der Waals surface area contributed by atoms with E-state index < -0.39 is 0 Å². The molecule has 0 bridgehead atoms. The van der Waals surface area contributed by atoms with Gasteiger partial charge in [0.05, 0.1) is 11.4 Å². The Morgan fingerprint density at radius 3 is 2.91 bits per heavy atom. The molecule has 1 aliphatic rings.